The Morgan fingerprint density at radius 1 is 0.375 bits per heavy atom. The lowest BCUT2D eigenvalue weighted by Crippen LogP contribution is -2.32. The van der Waals surface area contributed by atoms with Crippen LogP contribution in [0.5, 0.6) is 11.5 Å². The van der Waals surface area contributed by atoms with Gasteiger partial charge in [-0.3, -0.25) is 0 Å². The van der Waals surface area contributed by atoms with Crippen molar-refractivity contribution in [1.82, 2.24) is 15.0 Å². The zero-order valence-electron chi connectivity index (χ0n) is 25.8. The number of ether oxygens (including phenoxy) is 1. The Bertz CT molecular complexity index is 2510. The minimum absolute atomic E-state index is 0.568. The van der Waals surface area contributed by atoms with Crippen LogP contribution >= 0.6 is 0 Å². The topological polar surface area (TPSA) is 47.9 Å². The zero-order valence-corrected chi connectivity index (χ0v) is 25.8. The van der Waals surface area contributed by atoms with Crippen LogP contribution in [0.2, 0.25) is 0 Å². The van der Waals surface area contributed by atoms with E-state index in [1.807, 2.05) is 30.3 Å². The largest absolute Gasteiger partial charge is 0.457 e. The standard InChI is InChI=1S/C44H27N3O/c1-2-14-29(15-3-1)41-45-42(47-43(46-41)34-19-12-16-28-13-4-5-17-31(28)34)30-25-26-33-32-18-6-7-20-35(32)44(38(33)27-30)36-21-8-10-23-39(36)48-40-24-11-9-22-37(40)44/h1-27H. The molecule has 0 saturated heterocycles. The predicted molar refractivity (Wildman–Crippen MR) is 191 cm³/mol. The Hall–Kier alpha value is -6.39. The third kappa shape index (κ3) is 3.80. The lowest BCUT2D eigenvalue weighted by atomic mass is 9.66. The molecule has 8 aromatic rings. The van der Waals surface area contributed by atoms with Crippen LogP contribution < -0.4 is 4.74 Å². The van der Waals surface area contributed by atoms with Gasteiger partial charge in [-0.2, -0.15) is 0 Å². The smallest absolute Gasteiger partial charge is 0.164 e. The van der Waals surface area contributed by atoms with Gasteiger partial charge in [0.2, 0.25) is 0 Å². The van der Waals surface area contributed by atoms with Crippen molar-refractivity contribution in [3.8, 4) is 56.8 Å². The second-order valence-electron chi connectivity index (χ2n) is 12.3. The molecule has 0 saturated carbocycles. The molecule has 10 rings (SSSR count). The third-order valence-electron chi connectivity index (χ3n) is 9.80. The number of hydrogen-bond donors (Lipinski definition) is 0. The van der Waals surface area contributed by atoms with Crippen molar-refractivity contribution in [1.29, 1.82) is 0 Å². The average molecular weight is 614 g/mol. The Morgan fingerprint density at radius 2 is 0.938 bits per heavy atom. The van der Waals surface area contributed by atoms with Gasteiger partial charge < -0.3 is 4.74 Å². The van der Waals surface area contributed by atoms with Gasteiger partial charge >= 0.3 is 0 Å². The second-order valence-corrected chi connectivity index (χ2v) is 12.3. The van der Waals surface area contributed by atoms with Gasteiger partial charge in [0.05, 0.1) is 5.41 Å². The summed E-state index contributed by atoms with van der Waals surface area (Å²) in [6.45, 7) is 0. The van der Waals surface area contributed by atoms with Gasteiger partial charge in [0, 0.05) is 27.8 Å². The summed E-state index contributed by atoms with van der Waals surface area (Å²) < 4.78 is 6.54. The van der Waals surface area contributed by atoms with Crippen molar-refractivity contribution < 1.29 is 4.74 Å². The molecular weight excluding hydrogens is 587 g/mol. The van der Waals surface area contributed by atoms with E-state index in [-0.39, 0.29) is 0 Å². The van der Waals surface area contributed by atoms with Crippen LogP contribution in [-0.4, -0.2) is 15.0 Å². The molecule has 4 nitrogen and oxygen atoms in total. The number of rotatable bonds is 3. The molecule has 0 N–H and O–H groups in total. The first-order chi connectivity index (χ1) is 23.8. The Morgan fingerprint density at radius 3 is 1.73 bits per heavy atom. The molecule has 0 bridgehead atoms. The summed E-state index contributed by atoms with van der Waals surface area (Å²) in [5.74, 6) is 3.66. The SMILES string of the molecule is c1ccc(-c2nc(-c3ccc4c(c3)C3(c5ccccc5Oc5ccccc53)c3ccccc3-4)nc(-c3cccc4ccccc34)n2)cc1. The summed E-state index contributed by atoms with van der Waals surface area (Å²) >= 11 is 0. The Balaban J connectivity index is 1.26. The molecule has 7 aromatic carbocycles. The molecule has 1 aliphatic heterocycles. The highest BCUT2D eigenvalue weighted by atomic mass is 16.5. The lowest BCUT2D eigenvalue weighted by Gasteiger charge is -2.39. The van der Waals surface area contributed by atoms with Crippen molar-refractivity contribution in [2.45, 2.75) is 5.41 Å². The molecule has 0 amide bonds. The molecule has 2 heterocycles. The van der Waals surface area contributed by atoms with Gasteiger partial charge in [0.15, 0.2) is 17.5 Å². The highest BCUT2D eigenvalue weighted by molar-refractivity contribution is 5.95. The fourth-order valence-electron chi connectivity index (χ4n) is 7.76. The van der Waals surface area contributed by atoms with Crippen LogP contribution in [0.1, 0.15) is 22.3 Å². The molecule has 1 aliphatic carbocycles. The number of aromatic nitrogens is 3. The predicted octanol–water partition coefficient (Wildman–Crippen LogP) is 10.5. The molecule has 48 heavy (non-hydrogen) atoms. The van der Waals surface area contributed by atoms with Crippen molar-refractivity contribution in [3.63, 3.8) is 0 Å². The molecule has 0 radical (unpaired) electrons. The van der Waals surface area contributed by atoms with Crippen LogP contribution in [0.25, 0.3) is 56.1 Å². The van der Waals surface area contributed by atoms with E-state index in [4.69, 9.17) is 19.7 Å². The van der Waals surface area contributed by atoms with E-state index in [1.54, 1.807) is 0 Å². The Kier molecular flexibility index (Phi) is 5.75. The van der Waals surface area contributed by atoms with Crippen LogP contribution in [0.4, 0.5) is 0 Å². The first-order valence-corrected chi connectivity index (χ1v) is 16.2. The average Bonchev–Trinajstić information content (AvgIpc) is 3.45. The number of fused-ring (bicyclic) bond motifs is 10. The van der Waals surface area contributed by atoms with Crippen LogP contribution in [0.15, 0.2) is 164 Å². The first kappa shape index (κ1) is 26.8. The molecule has 2 aliphatic rings. The molecule has 0 unspecified atom stereocenters. The van der Waals surface area contributed by atoms with E-state index in [0.29, 0.717) is 17.5 Å². The number of benzene rings is 7. The number of hydrogen-bond acceptors (Lipinski definition) is 4. The fraction of sp³-hybridized carbons (Fsp3) is 0.0227. The van der Waals surface area contributed by atoms with Crippen LogP contribution in [-0.2, 0) is 5.41 Å². The first-order valence-electron chi connectivity index (χ1n) is 16.2. The molecule has 0 fully saturated rings. The van der Waals surface area contributed by atoms with Gasteiger partial charge in [0.25, 0.3) is 0 Å². The van der Waals surface area contributed by atoms with Crippen molar-refractivity contribution in [3.05, 3.63) is 186 Å². The molecule has 1 spiro atoms. The van der Waals surface area contributed by atoms with E-state index in [0.717, 1.165) is 50.1 Å². The van der Waals surface area contributed by atoms with Gasteiger partial charge in [-0.25, -0.2) is 15.0 Å². The third-order valence-corrected chi connectivity index (χ3v) is 9.80. The maximum atomic E-state index is 6.54. The zero-order chi connectivity index (χ0) is 31.7. The van der Waals surface area contributed by atoms with Gasteiger partial charge in [-0.15, -0.1) is 0 Å². The summed E-state index contributed by atoms with van der Waals surface area (Å²) in [7, 11) is 0. The molecule has 1 aromatic heterocycles. The summed E-state index contributed by atoms with van der Waals surface area (Å²) in [5.41, 5.74) is 9.41. The van der Waals surface area contributed by atoms with E-state index in [1.165, 1.54) is 22.3 Å². The highest BCUT2D eigenvalue weighted by Gasteiger charge is 2.51. The van der Waals surface area contributed by atoms with Crippen molar-refractivity contribution in [2.24, 2.45) is 0 Å². The molecular formula is C44H27N3O. The molecule has 0 atom stereocenters. The summed E-state index contributed by atoms with van der Waals surface area (Å²) in [6.07, 6.45) is 0. The summed E-state index contributed by atoms with van der Waals surface area (Å²) in [4.78, 5) is 15.4. The maximum Gasteiger partial charge on any atom is 0.164 e. The second kappa shape index (κ2) is 10.3. The molecule has 4 heteroatoms. The monoisotopic (exact) mass is 613 g/mol. The van der Waals surface area contributed by atoms with Crippen molar-refractivity contribution >= 4 is 10.8 Å². The number of nitrogens with zero attached hydrogens (tertiary/aromatic N) is 3. The maximum absolute atomic E-state index is 6.54. The van der Waals surface area contributed by atoms with E-state index >= 15 is 0 Å². The van der Waals surface area contributed by atoms with Gasteiger partial charge in [-0.05, 0) is 51.2 Å². The lowest BCUT2D eigenvalue weighted by molar-refractivity contribution is 0.436. The van der Waals surface area contributed by atoms with E-state index in [2.05, 4.69) is 133 Å². The van der Waals surface area contributed by atoms with Gasteiger partial charge in [-0.1, -0.05) is 146 Å². The summed E-state index contributed by atoms with van der Waals surface area (Å²) in [6, 6.07) is 57.2. The molecule has 224 valence electrons. The van der Waals surface area contributed by atoms with E-state index < -0.39 is 5.41 Å². The quantitative estimate of drug-likeness (QED) is 0.199. The van der Waals surface area contributed by atoms with Gasteiger partial charge in [0.1, 0.15) is 11.5 Å². The summed E-state index contributed by atoms with van der Waals surface area (Å²) in [5, 5.41) is 2.25. The Labute approximate surface area is 278 Å². The fourth-order valence-corrected chi connectivity index (χ4v) is 7.76. The highest BCUT2D eigenvalue weighted by Crippen LogP contribution is 2.62. The van der Waals surface area contributed by atoms with Crippen molar-refractivity contribution in [2.75, 3.05) is 0 Å². The van der Waals surface area contributed by atoms with Crippen LogP contribution in [0.3, 0.4) is 0 Å². The van der Waals surface area contributed by atoms with Crippen LogP contribution in [0, 0.1) is 0 Å². The minimum atomic E-state index is -0.568. The minimum Gasteiger partial charge on any atom is -0.457 e. The number of para-hydroxylation sites is 2. The van der Waals surface area contributed by atoms with E-state index in [9.17, 15) is 0 Å². The normalized spacial score (nSPS) is 13.3.